The summed E-state index contributed by atoms with van der Waals surface area (Å²) in [6.07, 6.45) is 3.52. The van der Waals surface area contributed by atoms with Crippen LogP contribution in [0, 0.1) is 0 Å². The molecule has 0 fully saturated rings. The van der Waals surface area contributed by atoms with Crippen molar-refractivity contribution in [2.75, 3.05) is 19.0 Å². The minimum atomic E-state index is 0.666. The van der Waals surface area contributed by atoms with Crippen molar-refractivity contribution < 1.29 is 0 Å². The van der Waals surface area contributed by atoms with E-state index in [0.717, 1.165) is 38.4 Å². The van der Waals surface area contributed by atoms with Crippen molar-refractivity contribution in [3.05, 3.63) is 72.0 Å². The number of fused-ring (bicyclic) bond motifs is 1. The van der Waals surface area contributed by atoms with Crippen LogP contribution < -0.4 is 4.90 Å². The van der Waals surface area contributed by atoms with E-state index in [4.69, 9.17) is 21.6 Å². The molecule has 2 heterocycles. The molecule has 0 saturated heterocycles. The first-order valence-electron chi connectivity index (χ1n) is 8.28. The van der Waals surface area contributed by atoms with Crippen LogP contribution in [0.5, 0.6) is 0 Å². The van der Waals surface area contributed by atoms with Crippen molar-refractivity contribution in [2.45, 2.75) is 0 Å². The lowest BCUT2D eigenvalue weighted by Gasteiger charge is -2.16. The minimum Gasteiger partial charge on any atom is -0.362 e. The molecule has 2 aromatic heterocycles. The Morgan fingerprint density at radius 3 is 2.46 bits per heavy atom. The van der Waals surface area contributed by atoms with E-state index in [2.05, 4.69) is 11.1 Å². The number of aromatic nitrogens is 3. The van der Waals surface area contributed by atoms with Crippen molar-refractivity contribution in [3.8, 4) is 22.5 Å². The van der Waals surface area contributed by atoms with Crippen LogP contribution in [0.15, 0.2) is 67.0 Å². The lowest BCUT2D eigenvalue weighted by Crippen LogP contribution is -2.12. The minimum absolute atomic E-state index is 0.666. The maximum atomic E-state index is 6.37. The molecule has 0 atom stereocenters. The molecule has 5 heteroatoms. The second kappa shape index (κ2) is 6.73. The number of pyridine rings is 1. The van der Waals surface area contributed by atoms with E-state index in [1.807, 2.05) is 67.5 Å². The summed E-state index contributed by atoms with van der Waals surface area (Å²) in [7, 11) is 3.97. The molecular weight excluding hydrogens is 344 g/mol. The first-order chi connectivity index (χ1) is 12.6. The zero-order valence-electron chi connectivity index (χ0n) is 14.5. The highest BCUT2D eigenvalue weighted by atomic mass is 35.5. The molecule has 0 spiro atoms. The summed E-state index contributed by atoms with van der Waals surface area (Å²) in [6, 6.07) is 17.8. The summed E-state index contributed by atoms with van der Waals surface area (Å²) in [5.74, 6) is 1.53. The van der Waals surface area contributed by atoms with Crippen LogP contribution in [0.25, 0.3) is 33.4 Å². The van der Waals surface area contributed by atoms with Crippen LogP contribution in [-0.2, 0) is 0 Å². The van der Waals surface area contributed by atoms with Crippen LogP contribution in [-0.4, -0.2) is 29.0 Å². The van der Waals surface area contributed by atoms with Crippen LogP contribution in [0.4, 0.5) is 5.82 Å². The Kier molecular flexibility index (Phi) is 4.27. The number of rotatable bonds is 3. The van der Waals surface area contributed by atoms with Gasteiger partial charge in [-0.15, -0.1) is 0 Å². The largest absolute Gasteiger partial charge is 0.362 e. The van der Waals surface area contributed by atoms with Gasteiger partial charge in [0.25, 0.3) is 0 Å². The number of anilines is 1. The molecule has 0 amide bonds. The van der Waals surface area contributed by atoms with Crippen molar-refractivity contribution in [2.24, 2.45) is 0 Å². The Labute approximate surface area is 157 Å². The highest BCUT2D eigenvalue weighted by Gasteiger charge is 2.13. The predicted molar refractivity (Wildman–Crippen MR) is 108 cm³/mol. The fourth-order valence-corrected chi connectivity index (χ4v) is 3.18. The molecule has 0 N–H and O–H groups in total. The molecule has 0 saturated carbocycles. The smallest absolute Gasteiger partial charge is 0.163 e. The summed E-state index contributed by atoms with van der Waals surface area (Å²) in [4.78, 5) is 15.7. The van der Waals surface area contributed by atoms with Gasteiger partial charge in [0, 0.05) is 48.0 Å². The Morgan fingerprint density at radius 1 is 0.885 bits per heavy atom. The quantitative estimate of drug-likeness (QED) is 0.511. The average Bonchev–Trinajstić information content (AvgIpc) is 2.67. The molecule has 4 rings (SSSR count). The monoisotopic (exact) mass is 360 g/mol. The lowest BCUT2D eigenvalue weighted by molar-refractivity contribution is 1.06. The van der Waals surface area contributed by atoms with Gasteiger partial charge >= 0.3 is 0 Å². The molecule has 2 aromatic carbocycles. The third-order valence-corrected chi connectivity index (χ3v) is 4.53. The van der Waals surface area contributed by atoms with Crippen molar-refractivity contribution in [1.82, 2.24) is 15.0 Å². The van der Waals surface area contributed by atoms with Gasteiger partial charge in [0.1, 0.15) is 5.82 Å². The van der Waals surface area contributed by atoms with Crippen molar-refractivity contribution in [3.63, 3.8) is 0 Å². The van der Waals surface area contributed by atoms with Crippen LogP contribution >= 0.6 is 11.6 Å². The van der Waals surface area contributed by atoms with Gasteiger partial charge in [0.2, 0.25) is 0 Å². The predicted octanol–water partition coefficient (Wildman–Crippen LogP) is 5.08. The standard InChI is InChI=1S/C21H17ClN4/c1-26(2)21-17-12-14(16-7-3-4-8-18(16)22)9-10-19(17)24-20(25-21)15-6-5-11-23-13-15/h3-13H,1-2H3. The molecule has 4 aromatic rings. The van der Waals surface area contributed by atoms with Gasteiger partial charge in [-0.1, -0.05) is 35.9 Å². The van der Waals surface area contributed by atoms with Crippen LogP contribution in [0.3, 0.4) is 0 Å². The first-order valence-corrected chi connectivity index (χ1v) is 8.66. The molecule has 0 bridgehead atoms. The van der Waals surface area contributed by atoms with Crippen LogP contribution in [0.2, 0.25) is 5.02 Å². The zero-order valence-corrected chi connectivity index (χ0v) is 15.3. The number of hydrogen-bond donors (Lipinski definition) is 0. The Morgan fingerprint density at radius 2 is 1.73 bits per heavy atom. The summed E-state index contributed by atoms with van der Waals surface area (Å²) in [6.45, 7) is 0. The van der Waals surface area contributed by atoms with Crippen LogP contribution in [0.1, 0.15) is 0 Å². The summed E-state index contributed by atoms with van der Waals surface area (Å²) in [5.41, 5.74) is 3.83. The molecule has 26 heavy (non-hydrogen) atoms. The lowest BCUT2D eigenvalue weighted by atomic mass is 10.0. The fourth-order valence-electron chi connectivity index (χ4n) is 2.94. The van der Waals surface area contributed by atoms with Gasteiger partial charge in [0.15, 0.2) is 5.82 Å². The topological polar surface area (TPSA) is 41.9 Å². The third-order valence-electron chi connectivity index (χ3n) is 4.20. The van der Waals surface area contributed by atoms with Gasteiger partial charge in [-0.3, -0.25) is 4.98 Å². The first kappa shape index (κ1) is 16.5. The fraction of sp³-hybridized carbons (Fsp3) is 0.0952. The van der Waals surface area contributed by atoms with E-state index >= 15 is 0 Å². The van der Waals surface area contributed by atoms with E-state index in [9.17, 15) is 0 Å². The molecule has 0 radical (unpaired) electrons. The number of nitrogens with zero attached hydrogens (tertiary/aromatic N) is 4. The van der Waals surface area contributed by atoms with E-state index in [1.165, 1.54) is 0 Å². The normalized spacial score (nSPS) is 10.9. The van der Waals surface area contributed by atoms with Gasteiger partial charge in [0.05, 0.1) is 5.52 Å². The van der Waals surface area contributed by atoms with Gasteiger partial charge in [-0.25, -0.2) is 9.97 Å². The van der Waals surface area contributed by atoms with E-state index in [-0.39, 0.29) is 0 Å². The highest BCUT2D eigenvalue weighted by molar-refractivity contribution is 6.33. The molecule has 0 aliphatic carbocycles. The average molecular weight is 361 g/mol. The van der Waals surface area contributed by atoms with Crippen molar-refractivity contribution >= 4 is 28.3 Å². The number of halogens is 1. The molecule has 0 unspecified atom stereocenters. The van der Waals surface area contributed by atoms with Gasteiger partial charge in [-0.05, 0) is 35.9 Å². The Balaban J connectivity index is 1.93. The Bertz CT molecular complexity index is 1080. The van der Waals surface area contributed by atoms with Gasteiger partial charge < -0.3 is 4.90 Å². The van der Waals surface area contributed by atoms with E-state index < -0.39 is 0 Å². The SMILES string of the molecule is CN(C)c1nc(-c2cccnc2)nc2ccc(-c3ccccc3Cl)cc12. The number of benzene rings is 2. The molecular formula is C21H17ClN4. The molecule has 128 valence electrons. The third kappa shape index (κ3) is 3.00. The zero-order chi connectivity index (χ0) is 18.1. The second-order valence-electron chi connectivity index (χ2n) is 6.22. The van der Waals surface area contributed by atoms with E-state index in [0.29, 0.717) is 5.82 Å². The van der Waals surface area contributed by atoms with Gasteiger partial charge in [-0.2, -0.15) is 0 Å². The Hall–Kier alpha value is -2.98. The highest BCUT2D eigenvalue weighted by Crippen LogP contribution is 2.33. The maximum absolute atomic E-state index is 6.37. The second-order valence-corrected chi connectivity index (χ2v) is 6.63. The summed E-state index contributed by atoms with van der Waals surface area (Å²) < 4.78 is 0. The molecule has 4 nitrogen and oxygen atoms in total. The number of hydrogen-bond acceptors (Lipinski definition) is 4. The molecule has 0 aliphatic heterocycles. The van der Waals surface area contributed by atoms with Crippen molar-refractivity contribution in [1.29, 1.82) is 0 Å². The summed E-state index contributed by atoms with van der Waals surface area (Å²) in [5, 5.41) is 1.71. The van der Waals surface area contributed by atoms with E-state index in [1.54, 1.807) is 12.4 Å². The summed E-state index contributed by atoms with van der Waals surface area (Å²) >= 11 is 6.37. The molecule has 0 aliphatic rings. The maximum Gasteiger partial charge on any atom is 0.163 e.